The summed E-state index contributed by atoms with van der Waals surface area (Å²) in [5, 5.41) is 3.80. The second kappa shape index (κ2) is 6.79. The largest absolute Gasteiger partial charge is 0.311 e. The Kier molecular flexibility index (Phi) is 5.53. The van der Waals surface area contributed by atoms with Crippen molar-refractivity contribution in [1.29, 1.82) is 0 Å². The third-order valence-electron chi connectivity index (χ3n) is 6.09. The van der Waals surface area contributed by atoms with E-state index in [2.05, 4.69) is 51.8 Å². The second-order valence-corrected chi connectivity index (χ2v) is 8.10. The van der Waals surface area contributed by atoms with Gasteiger partial charge in [0.2, 0.25) is 0 Å². The highest BCUT2D eigenvalue weighted by molar-refractivity contribution is 4.95. The minimum absolute atomic E-state index is 0.675. The van der Waals surface area contributed by atoms with Gasteiger partial charge >= 0.3 is 0 Å². The molecule has 5 atom stereocenters. The van der Waals surface area contributed by atoms with Crippen LogP contribution < -0.4 is 5.32 Å². The lowest BCUT2D eigenvalue weighted by Gasteiger charge is -2.51. The summed E-state index contributed by atoms with van der Waals surface area (Å²) >= 11 is 0. The van der Waals surface area contributed by atoms with Crippen molar-refractivity contribution in [2.75, 3.05) is 13.1 Å². The molecule has 2 rings (SSSR count). The zero-order valence-electron chi connectivity index (χ0n) is 14.5. The van der Waals surface area contributed by atoms with Gasteiger partial charge in [-0.2, -0.15) is 0 Å². The lowest BCUT2D eigenvalue weighted by Crippen LogP contribution is -2.64. The van der Waals surface area contributed by atoms with E-state index in [-0.39, 0.29) is 0 Å². The molecule has 1 heterocycles. The van der Waals surface area contributed by atoms with E-state index in [1.165, 1.54) is 32.4 Å². The number of piperazine rings is 1. The quantitative estimate of drug-likeness (QED) is 0.846. The zero-order chi connectivity index (χ0) is 14.9. The van der Waals surface area contributed by atoms with Gasteiger partial charge in [0.05, 0.1) is 0 Å². The van der Waals surface area contributed by atoms with Crippen LogP contribution in [0.3, 0.4) is 0 Å². The van der Waals surface area contributed by atoms with Crippen molar-refractivity contribution < 1.29 is 0 Å². The highest BCUT2D eigenvalue weighted by Gasteiger charge is 2.39. The van der Waals surface area contributed by atoms with Crippen LogP contribution in [-0.4, -0.2) is 36.1 Å². The molecular formula is C18H36N2. The third kappa shape index (κ3) is 3.39. The van der Waals surface area contributed by atoms with Crippen LogP contribution in [-0.2, 0) is 0 Å². The third-order valence-corrected chi connectivity index (χ3v) is 6.09. The summed E-state index contributed by atoms with van der Waals surface area (Å²) in [6.07, 6.45) is 4.28. The van der Waals surface area contributed by atoms with E-state index in [1.54, 1.807) is 0 Å². The van der Waals surface area contributed by atoms with Crippen molar-refractivity contribution in [3.05, 3.63) is 0 Å². The Labute approximate surface area is 126 Å². The minimum atomic E-state index is 0.675. The monoisotopic (exact) mass is 280 g/mol. The van der Waals surface area contributed by atoms with E-state index in [4.69, 9.17) is 0 Å². The van der Waals surface area contributed by atoms with Gasteiger partial charge in [0.25, 0.3) is 0 Å². The van der Waals surface area contributed by atoms with Gasteiger partial charge in [-0.3, -0.25) is 4.90 Å². The molecule has 0 spiro atoms. The number of hydrogen-bond acceptors (Lipinski definition) is 2. The maximum Gasteiger partial charge on any atom is 0.0247 e. The van der Waals surface area contributed by atoms with Crippen molar-refractivity contribution in [3.8, 4) is 0 Å². The van der Waals surface area contributed by atoms with Gasteiger partial charge in [0.1, 0.15) is 0 Å². The van der Waals surface area contributed by atoms with Crippen LogP contribution in [0.2, 0.25) is 0 Å². The topological polar surface area (TPSA) is 15.3 Å². The van der Waals surface area contributed by atoms with Crippen LogP contribution in [0.25, 0.3) is 0 Å². The van der Waals surface area contributed by atoms with Crippen molar-refractivity contribution in [1.82, 2.24) is 10.2 Å². The normalized spacial score (nSPS) is 40.5. The highest BCUT2D eigenvalue weighted by Crippen LogP contribution is 2.35. The van der Waals surface area contributed by atoms with Crippen molar-refractivity contribution in [2.45, 2.75) is 78.9 Å². The lowest BCUT2D eigenvalue weighted by atomic mass is 9.76. The Morgan fingerprint density at radius 3 is 2.30 bits per heavy atom. The summed E-state index contributed by atoms with van der Waals surface area (Å²) in [4.78, 5) is 2.90. The van der Waals surface area contributed by atoms with Gasteiger partial charge in [-0.25, -0.2) is 0 Å². The molecule has 20 heavy (non-hydrogen) atoms. The van der Waals surface area contributed by atoms with Crippen molar-refractivity contribution in [2.24, 2.45) is 23.7 Å². The Morgan fingerprint density at radius 1 is 1.00 bits per heavy atom. The summed E-state index contributed by atoms with van der Waals surface area (Å²) in [7, 11) is 0. The maximum atomic E-state index is 3.80. The molecule has 0 amide bonds. The second-order valence-electron chi connectivity index (χ2n) is 8.10. The molecule has 0 aromatic rings. The van der Waals surface area contributed by atoms with Crippen LogP contribution >= 0.6 is 0 Å². The zero-order valence-corrected chi connectivity index (χ0v) is 14.5. The SMILES string of the molecule is CC(C)C1CN(C2CCCC(C)C2C)C(C(C)C)CN1. The molecule has 0 bridgehead atoms. The van der Waals surface area contributed by atoms with Crippen LogP contribution in [0.4, 0.5) is 0 Å². The average Bonchev–Trinajstić information content (AvgIpc) is 2.41. The molecule has 1 aliphatic heterocycles. The first kappa shape index (κ1) is 16.3. The van der Waals surface area contributed by atoms with Gasteiger partial charge in [0, 0.05) is 31.2 Å². The molecule has 118 valence electrons. The summed E-state index contributed by atoms with van der Waals surface area (Å²) in [6.45, 7) is 16.9. The molecule has 0 radical (unpaired) electrons. The van der Waals surface area contributed by atoms with E-state index in [0.717, 1.165) is 35.8 Å². The predicted molar refractivity (Wildman–Crippen MR) is 87.9 cm³/mol. The van der Waals surface area contributed by atoms with E-state index >= 15 is 0 Å². The first-order valence-electron chi connectivity index (χ1n) is 8.91. The van der Waals surface area contributed by atoms with Crippen LogP contribution in [0.1, 0.15) is 60.8 Å². The first-order chi connectivity index (χ1) is 9.41. The van der Waals surface area contributed by atoms with E-state index in [1.807, 2.05) is 0 Å². The summed E-state index contributed by atoms with van der Waals surface area (Å²) in [5.41, 5.74) is 0. The molecule has 0 aromatic carbocycles. The van der Waals surface area contributed by atoms with Gasteiger partial charge in [-0.15, -0.1) is 0 Å². The van der Waals surface area contributed by atoms with Gasteiger partial charge in [-0.1, -0.05) is 54.4 Å². The summed E-state index contributed by atoms with van der Waals surface area (Å²) in [5.74, 6) is 3.24. The molecule has 1 saturated carbocycles. The Morgan fingerprint density at radius 2 is 1.70 bits per heavy atom. The molecule has 2 fully saturated rings. The van der Waals surface area contributed by atoms with Crippen LogP contribution in [0.5, 0.6) is 0 Å². The van der Waals surface area contributed by atoms with Crippen molar-refractivity contribution in [3.63, 3.8) is 0 Å². The Balaban J connectivity index is 2.13. The average molecular weight is 280 g/mol. The smallest absolute Gasteiger partial charge is 0.0247 e. The fourth-order valence-electron chi connectivity index (χ4n) is 4.28. The Hall–Kier alpha value is -0.0800. The van der Waals surface area contributed by atoms with Crippen LogP contribution in [0.15, 0.2) is 0 Å². The van der Waals surface area contributed by atoms with Crippen LogP contribution in [0, 0.1) is 23.7 Å². The fraction of sp³-hybridized carbons (Fsp3) is 1.00. The molecule has 1 N–H and O–H groups in total. The van der Waals surface area contributed by atoms with Gasteiger partial charge in [0.15, 0.2) is 0 Å². The van der Waals surface area contributed by atoms with Gasteiger partial charge < -0.3 is 5.32 Å². The predicted octanol–water partition coefficient (Wildman–Crippen LogP) is 3.77. The molecule has 2 aliphatic rings. The number of nitrogens with zero attached hydrogens (tertiary/aromatic N) is 1. The molecule has 1 saturated heterocycles. The Bertz CT molecular complexity index is 300. The molecule has 2 nitrogen and oxygen atoms in total. The molecular weight excluding hydrogens is 244 g/mol. The van der Waals surface area contributed by atoms with Gasteiger partial charge in [-0.05, 0) is 30.1 Å². The summed E-state index contributed by atoms with van der Waals surface area (Å²) in [6, 6.07) is 2.21. The summed E-state index contributed by atoms with van der Waals surface area (Å²) < 4.78 is 0. The van der Waals surface area contributed by atoms with Crippen molar-refractivity contribution >= 4 is 0 Å². The minimum Gasteiger partial charge on any atom is -0.311 e. The first-order valence-corrected chi connectivity index (χ1v) is 8.91. The number of rotatable bonds is 3. The standard InChI is InChI=1S/C18H36N2/c1-12(2)16-11-20(18(10-19-16)13(3)4)17-9-7-8-14(5)15(17)6/h12-19H,7-11H2,1-6H3. The van der Waals surface area contributed by atoms with E-state index in [0.29, 0.717) is 6.04 Å². The molecule has 0 aromatic heterocycles. The number of hydrogen-bond donors (Lipinski definition) is 1. The molecule has 5 unspecified atom stereocenters. The number of nitrogens with one attached hydrogen (secondary N) is 1. The molecule has 2 heteroatoms. The lowest BCUT2D eigenvalue weighted by molar-refractivity contribution is -0.00424. The fourth-order valence-corrected chi connectivity index (χ4v) is 4.28. The molecule has 1 aliphatic carbocycles. The maximum absolute atomic E-state index is 3.80. The highest BCUT2D eigenvalue weighted by atomic mass is 15.3. The van der Waals surface area contributed by atoms with E-state index in [9.17, 15) is 0 Å². The van der Waals surface area contributed by atoms with E-state index < -0.39 is 0 Å².